The highest BCUT2D eigenvalue weighted by Gasteiger charge is 2.11. The van der Waals surface area contributed by atoms with E-state index in [0.717, 1.165) is 16.5 Å². The number of nitrogens with one attached hydrogen (secondary N) is 1. The van der Waals surface area contributed by atoms with E-state index in [4.69, 9.17) is 27.6 Å². The zero-order chi connectivity index (χ0) is 15.7. The van der Waals surface area contributed by atoms with Gasteiger partial charge in [0.1, 0.15) is 5.58 Å². The topological polar surface area (TPSA) is 42.2 Å². The third-order valence-corrected chi connectivity index (χ3v) is 4.06. The van der Waals surface area contributed by atoms with Crippen LogP contribution in [0.4, 0.5) is 5.69 Å². The molecule has 0 radical (unpaired) electrons. The van der Waals surface area contributed by atoms with Crippen molar-refractivity contribution in [1.29, 1.82) is 0 Å². The van der Waals surface area contributed by atoms with Crippen LogP contribution in [0.15, 0.2) is 47.1 Å². The summed E-state index contributed by atoms with van der Waals surface area (Å²) in [5.41, 5.74) is 3.15. The van der Waals surface area contributed by atoms with E-state index >= 15 is 0 Å². The Bertz CT molecular complexity index is 855. The zero-order valence-electron chi connectivity index (χ0n) is 11.8. The molecule has 5 heteroatoms. The van der Waals surface area contributed by atoms with Gasteiger partial charge in [0.15, 0.2) is 0 Å². The lowest BCUT2D eigenvalue weighted by molar-refractivity contribution is -0.115. The standard InChI is InChI=1S/C17H13Cl2NO2/c1-10-2-4-13(8-15(10)19)20-17(21)6-11-9-22-16-5-3-12(18)7-14(11)16/h2-5,7-9H,6H2,1H3,(H,20,21). The van der Waals surface area contributed by atoms with Gasteiger partial charge in [-0.15, -0.1) is 0 Å². The van der Waals surface area contributed by atoms with Gasteiger partial charge in [-0.1, -0.05) is 29.3 Å². The van der Waals surface area contributed by atoms with Crippen LogP contribution in [0.5, 0.6) is 0 Å². The van der Waals surface area contributed by atoms with Crippen molar-refractivity contribution in [1.82, 2.24) is 0 Å². The molecule has 0 saturated heterocycles. The summed E-state index contributed by atoms with van der Waals surface area (Å²) in [5.74, 6) is -0.136. The Labute approximate surface area is 137 Å². The van der Waals surface area contributed by atoms with Crippen LogP contribution >= 0.6 is 23.2 Å². The molecule has 3 nitrogen and oxygen atoms in total. The van der Waals surface area contributed by atoms with Crippen molar-refractivity contribution in [3.63, 3.8) is 0 Å². The maximum Gasteiger partial charge on any atom is 0.228 e. The van der Waals surface area contributed by atoms with E-state index in [9.17, 15) is 4.79 Å². The van der Waals surface area contributed by atoms with Gasteiger partial charge in [0.05, 0.1) is 12.7 Å². The number of carbonyl (C=O) groups excluding carboxylic acids is 1. The van der Waals surface area contributed by atoms with Crippen LogP contribution in [-0.4, -0.2) is 5.91 Å². The number of hydrogen-bond acceptors (Lipinski definition) is 2. The molecule has 3 rings (SSSR count). The first-order valence-corrected chi connectivity index (χ1v) is 7.50. The normalized spacial score (nSPS) is 10.9. The van der Waals surface area contributed by atoms with Crippen LogP contribution in [0.25, 0.3) is 11.0 Å². The quantitative estimate of drug-likeness (QED) is 0.713. The van der Waals surface area contributed by atoms with Gasteiger partial charge in [-0.05, 0) is 42.8 Å². The van der Waals surface area contributed by atoms with E-state index < -0.39 is 0 Å². The van der Waals surface area contributed by atoms with Crippen molar-refractivity contribution >= 4 is 45.8 Å². The van der Waals surface area contributed by atoms with Crippen LogP contribution in [0.3, 0.4) is 0 Å². The minimum absolute atomic E-state index is 0.136. The molecule has 1 aromatic heterocycles. The molecule has 0 bridgehead atoms. The Morgan fingerprint density at radius 1 is 1.18 bits per heavy atom. The molecule has 0 saturated carbocycles. The van der Waals surface area contributed by atoms with Crippen molar-refractivity contribution < 1.29 is 9.21 Å². The summed E-state index contributed by atoms with van der Waals surface area (Å²) in [6, 6.07) is 10.8. The number of anilines is 1. The number of furan rings is 1. The Kier molecular flexibility index (Phi) is 4.10. The Morgan fingerprint density at radius 2 is 2.00 bits per heavy atom. The lowest BCUT2D eigenvalue weighted by Crippen LogP contribution is -2.14. The van der Waals surface area contributed by atoms with Crippen LogP contribution < -0.4 is 5.32 Å². The molecule has 0 aliphatic carbocycles. The number of hydrogen-bond donors (Lipinski definition) is 1. The van der Waals surface area contributed by atoms with Crippen LogP contribution in [0.2, 0.25) is 10.0 Å². The second-order valence-electron chi connectivity index (χ2n) is 5.09. The fourth-order valence-corrected chi connectivity index (χ4v) is 2.59. The molecular weight excluding hydrogens is 321 g/mol. The Hall–Kier alpha value is -1.97. The number of amides is 1. The largest absolute Gasteiger partial charge is 0.464 e. The van der Waals surface area contributed by atoms with Gasteiger partial charge in [-0.3, -0.25) is 4.79 Å². The van der Waals surface area contributed by atoms with E-state index in [0.29, 0.717) is 21.3 Å². The third kappa shape index (κ3) is 3.11. The monoisotopic (exact) mass is 333 g/mol. The highest BCUT2D eigenvalue weighted by Crippen LogP contribution is 2.25. The van der Waals surface area contributed by atoms with Gasteiger partial charge in [0.2, 0.25) is 5.91 Å². The summed E-state index contributed by atoms with van der Waals surface area (Å²) in [5, 5.41) is 4.92. The molecule has 0 atom stereocenters. The molecule has 1 N–H and O–H groups in total. The maximum atomic E-state index is 12.2. The molecule has 2 aromatic carbocycles. The summed E-state index contributed by atoms with van der Waals surface area (Å²) in [7, 11) is 0. The Balaban J connectivity index is 1.78. The summed E-state index contributed by atoms with van der Waals surface area (Å²) < 4.78 is 5.43. The van der Waals surface area contributed by atoms with Gasteiger partial charge in [0.25, 0.3) is 0 Å². The summed E-state index contributed by atoms with van der Waals surface area (Å²) in [6.07, 6.45) is 1.79. The molecule has 1 amide bonds. The third-order valence-electron chi connectivity index (χ3n) is 3.42. The number of fused-ring (bicyclic) bond motifs is 1. The molecule has 0 fully saturated rings. The highest BCUT2D eigenvalue weighted by atomic mass is 35.5. The second-order valence-corrected chi connectivity index (χ2v) is 5.93. The van der Waals surface area contributed by atoms with Gasteiger partial charge in [0, 0.05) is 26.7 Å². The van der Waals surface area contributed by atoms with Crippen LogP contribution in [0.1, 0.15) is 11.1 Å². The van der Waals surface area contributed by atoms with Crippen molar-refractivity contribution in [3.05, 3.63) is 63.8 Å². The first-order valence-electron chi connectivity index (χ1n) is 6.74. The fourth-order valence-electron chi connectivity index (χ4n) is 2.24. The smallest absolute Gasteiger partial charge is 0.228 e. The van der Waals surface area contributed by atoms with E-state index in [2.05, 4.69) is 5.32 Å². The van der Waals surface area contributed by atoms with Gasteiger partial charge >= 0.3 is 0 Å². The van der Waals surface area contributed by atoms with E-state index in [1.807, 2.05) is 19.1 Å². The molecule has 22 heavy (non-hydrogen) atoms. The lowest BCUT2D eigenvalue weighted by Gasteiger charge is -2.06. The fraction of sp³-hybridized carbons (Fsp3) is 0.118. The number of carbonyl (C=O) groups is 1. The highest BCUT2D eigenvalue weighted by molar-refractivity contribution is 6.31. The van der Waals surface area contributed by atoms with Crippen LogP contribution in [0, 0.1) is 6.92 Å². The van der Waals surface area contributed by atoms with Crippen molar-refractivity contribution in [3.8, 4) is 0 Å². The predicted molar refractivity (Wildman–Crippen MR) is 89.7 cm³/mol. The second kappa shape index (κ2) is 6.03. The van der Waals surface area contributed by atoms with Crippen LogP contribution in [-0.2, 0) is 11.2 Å². The molecule has 1 heterocycles. The molecule has 0 aliphatic rings. The molecule has 112 valence electrons. The van der Waals surface area contributed by atoms with Crippen molar-refractivity contribution in [2.45, 2.75) is 13.3 Å². The summed E-state index contributed by atoms with van der Waals surface area (Å²) in [4.78, 5) is 12.2. The molecule has 0 spiro atoms. The Morgan fingerprint density at radius 3 is 2.77 bits per heavy atom. The molecular formula is C17H13Cl2NO2. The summed E-state index contributed by atoms with van der Waals surface area (Å²) in [6.45, 7) is 1.91. The van der Waals surface area contributed by atoms with Crippen molar-refractivity contribution in [2.75, 3.05) is 5.32 Å². The van der Waals surface area contributed by atoms with E-state index in [1.165, 1.54) is 0 Å². The van der Waals surface area contributed by atoms with Gasteiger partial charge < -0.3 is 9.73 Å². The molecule has 0 unspecified atom stereocenters. The van der Waals surface area contributed by atoms with Crippen molar-refractivity contribution in [2.24, 2.45) is 0 Å². The number of rotatable bonds is 3. The van der Waals surface area contributed by atoms with E-state index in [-0.39, 0.29) is 12.3 Å². The first kappa shape index (κ1) is 14.9. The molecule has 0 aliphatic heterocycles. The number of halogens is 2. The minimum Gasteiger partial charge on any atom is -0.464 e. The summed E-state index contributed by atoms with van der Waals surface area (Å²) >= 11 is 12.0. The zero-order valence-corrected chi connectivity index (χ0v) is 13.3. The number of aryl methyl sites for hydroxylation is 1. The maximum absolute atomic E-state index is 12.2. The SMILES string of the molecule is Cc1ccc(NC(=O)Cc2coc3ccc(Cl)cc23)cc1Cl. The average Bonchev–Trinajstić information content (AvgIpc) is 2.85. The first-order chi connectivity index (χ1) is 10.5. The van der Waals surface area contributed by atoms with Gasteiger partial charge in [-0.2, -0.15) is 0 Å². The number of benzene rings is 2. The molecule has 3 aromatic rings. The predicted octanol–water partition coefficient (Wildman–Crippen LogP) is 5.23. The van der Waals surface area contributed by atoms with Gasteiger partial charge in [-0.25, -0.2) is 0 Å². The minimum atomic E-state index is -0.136. The average molecular weight is 334 g/mol. The lowest BCUT2D eigenvalue weighted by atomic mass is 10.1. The van der Waals surface area contributed by atoms with E-state index in [1.54, 1.807) is 30.5 Å².